The minimum Gasteiger partial charge on any atom is -0.351 e. The van der Waals surface area contributed by atoms with Crippen molar-refractivity contribution in [3.8, 4) is 0 Å². The lowest BCUT2D eigenvalue weighted by molar-refractivity contribution is 0.0948. The van der Waals surface area contributed by atoms with Gasteiger partial charge in [0.05, 0.1) is 0 Å². The third kappa shape index (κ3) is 4.97. The fourth-order valence-electron chi connectivity index (χ4n) is 1.91. The molecule has 0 heterocycles. The van der Waals surface area contributed by atoms with Gasteiger partial charge in [-0.25, -0.2) is 0 Å². The Kier molecular flexibility index (Phi) is 6.67. The summed E-state index contributed by atoms with van der Waals surface area (Å²) in [5.41, 5.74) is 1.00. The zero-order valence-electron chi connectivity index (χ0n) is 12.1. The second kappa shape index (κ2) is 8.27. The van der Waals surface area contributed by atoms with Gasteiger partial charge in [-0.05, 0) is 38.4 Å². The van der Waals surface area contributed by atoms with Crippen molar-refractivity contribution in [1.82, 2.24) is 10.6 Å². The van der Waals surface area contributed by atoms with Gasteiger partial charge in [0.1, 0.15) is 6.29 Å². The molecular weight excluding hydrogens is 252 g/mol. The predicted octanol–water partition coefficient (Wildman–Crippen LogP) is 2.03. The predicted molar refractivity (Wildman–Crippen MR) is 81.0 cm³/mol. The number of carbonyl (C=O) groups excluding carboxylic acids is 2. The first-order chi connectivity index (χ1) is 9.60. The summed E-state index contributed by atoms with van der Waals surface area (Å²) in [5, 5.41) is 6.04. The largest absolute Gasteiger partial charge is 0.351 e. The molecule has 0 aliphatic carbocycles. The smallest absolute Gasteiger partial charge is 0.251 e. The lowest BCUT2D eigenvalue weighted by Crippen LogP contribution is -2.32. The van der Waals surface area contributed by atoms with Gasteiger partial charge in [0.25, 0.3) is 5.91 Å². The molecule has 4 nitrogen and oxygen atoms in total. The van der Waals surface area contributed by atoms with Crippen molar-refractivity contribution in [2.75, 3.05) is 13.6 Å². The fraction of sp³-hybridized carbons (Fsp3) is 0.375. The maximum atomic E-state index is 12.0. The lowest BCUT2D eigenvalue weighted by Gasteiger charge is -2.18. The lowest BCUT2D eigenvalue weighted by atomic mass is 10.0. The van der Waals surface area contributed by atoms with Crippen molar-refractivity contribution < 1.29 is 9.59 Å². The van der Waals surface area contributed by atoms with E-state index < -0.39 is 0 Å². The standard InChI is InChI=1S/C16H22N2O2/c1-4-13(8-12(2)17-3)10-18-16(20)15-7-5-6-14(9-15)11-19/h4-7,9,11-13,17H,1,8,10H2,2-3H3,(H,18,20). The van der Waals surface area contributed by atoms with E-state index in [0.717, 1.165) is 12.7 Å². The molecule has 0 aromatic heterocycles. The average Bonchev–Trinajstić information content (AvgIpc) is 2.50. The topological polar surface area (TPSA) is 58.2 Å². The van der Waals surface area contributed by atoms with Crippen LogP contribution in [-0.4, -0.2) is 31.8 Å². The third-order valence-electron chi connectivity index (χ3n) is 3.29. The fourth-order valence-corrected chi connectivity index (χ4v) is 1.91. The van der Waals surface area contributed by atoms with Crippen molar-refractivity contribution in [2.24, 2.45) is 5.92 Å². The van der Waals surface area contributed by atoms with E-state index in [1.165, 1.54) is 0 Å². The number of rotatable bonds is 8. The molecule has 4 heteroatoms. The van der Waals surface area contributed by atoms with E-state index in [0.29, 0.717) is 23.7 Å². The highest BCUT2D eigenvalue weighted by molar-refractivity contribution is 5.95. The van der Waals surface area contributed by atoms with Crippen LogP contribution in [0.5, 0.6) is 0 Å². The van der Waals surface area contributed by atoms with Gasteiger partial charge in [0.15, 0.2) is 0 Å². The van der Waals surface area contributed by atoms with Gasteiger partial charge in [-0.15, -0.1) is 6.58 Å². The average molecular weight is 274 g/mol. The Morgan fingerprint density at radius 2 is 2.20 bits per heavy atom. The van der Waals surface area contributed by atoms with Crippen molar-refractivity contribution >= 4 is 12.2 Å². The van der Waals surface area contributed by atoms with Crippen LogP contribution in [0, 0.1) is 5.92 Å². The number of hydrogen-bond acceptors (Lipinski definition) is 3. The molecule has 0 aliphatic heterocycles. The molecule has 20 heavy (non-hydrogen) atoms. The van der Waals surface area contributed by atoms with Crippen LogP contribution >= 0.6 is 0 Å². The van der Waals surface area contributed by atoms with Crippen LogP contribution in [0.25, 0.3) is 0 Å². The van der Waals surface area contributed by atoms with Gasteiger partial charge < -0.3 is 10.6 Å². The monoisotopic (exact) mass is 274 g/mol. The van der Waals surface area contributed by atoms with Crippen molar-refractivity contribution in [3.05, 3.63) is 48.0 Å². The first-order valence-electron chi connectivity index (χ1n) is 6.74. The van der Waals surface area contributed by atoms with Crippen LogP contribution < -0.4 is 10.6 Å². The Morgan fingerprint density at radius 1 is 1.45 bits per heavy atom. The maximum Gasteiger partial charge on any atom is 0.251 e. The summed E-state index contributed by atoms with van der Waals surface area (Å²) >= 11 is 0. The van der Waals surface area contributed by atoms with Crippen LogP contribution in [0.4, 0.5) is 0 Å². The highest BCUT2D eigenvalue weighted by atomic mass is 16.1. The van der Waals surface area contributed by atoms with Crippen LogP contribution in [0.1, 0.15) is 34.1 Å². The first kappa shape index (κ1) is 16.1. The van der Waals surface area contributed by atoms with Crippen LogP contribution in [0.3, 0.4) is 0 Å². The summed E-state index contributed by atoms with van der Waals surface area (Å²) < 4.78 is 0. The van der Waals surface area contributed by atoms with Crippen molar-refractivity contribution in [1.29, 1.82) is 0 Å². The Labute approximate surface area is 120 Å². The molecule has 1 amide bonds. The summed E-state index contributed by atoms with van der Waals surface area (Å²) in [6.45, 7) is 6.43. The summed E-state index contributed by atoms with van der Waals surface area (Å²) in [4.78, 5) is 22.7. The second-order valence-corrected chi connectivity index (χ2v) is 4.87. The minimum absolute atomic E-state index is 0.169. The molecule has 0 aliphatic rings. The highest BCUT2D eigenvalue weighted by Crippen LogP contribution is 2.08. The van der Waals surface area contributed by atoms with E-state index in [1.807, 2.05) is 13.1 Å². The van der Waals surface area contributed by atoms with Gasteiger partial charge in [-0.1, -0.05) is 18.2 Å². The Morgan fingerprint density at radius 3 is 2.80 bits per heavy atom. The normalized spacial score (nSPS) is 13.3. The van der Waals surface area contributed by atoms with Crippen LogP contribution in [0.15, 0.2) is 36.9 Å². The Bertz CT molecular complexity index is 471. The molecule has 108 valence electrons. The Hall–Kier alpha value is -1.94. The molecule has 1 aromatic rings. The molecule has 1 rings (SSSR count). The molecule has 0 spiro atoms. The molecular formula is C16H22N2O2. The molecule has 0 saturated heterocycles. The number of carbonyl (C=O) groups is 2. The quantitative estimate of drug-likeness (QED) is 0.563. The molecule has 2 atom stereocenters. The summed E-state index contributed by atoms with van der Waals surface area (Å²) in [6.07, 6.45) is 3.50. The molecule has 0 fully saturated rings. The van der Waals surface area contributed by atoms with E-state index in [9.17, 15) is 9.59 Å². The number of hydrogen-bond donors (Lipinski definition) is 2. The van der Waals surface area contributed by atoms with E-state index in [-0.39, 0.29) is 11.8 Å². The number of amides is 1. The summed E-state index contributed by atoms with van der Waals surface area (Å²) in [5.74, 6) is 0.0494. The molecule has 2 unspecified atom stereocenters. The number of nitrogens with one attached hydrogen (secondary N) is 2. The van der Waals surface area contributed by atoms with Gasteiger partial charge in [0, 0.05) is 23.7 Å². The Balaban J connectivity index is 2.56. The van der Waals surface area contributed by atoms with Crippen LogP contribution in [-0.2, 0) is 0 Å². The van der Waals surface area contributed by atoms with E-state index >= 15 is 0 Å². The van der Waals surface area contributed by atoms with E-state index in [1.54, 1.807) is 24.3 Å². The van der Waals surface area contributed by atoms with E-state index in [2.05, 4.69) is 24.1 Å². The SMILES string of the molecule is C=CC(CNC(=O)c1cccc(C=O)c1)CC(C)NC. The maximum absolute atomic E-state index is 12.0. The van der Waals surface area contributed by atoms with Crippen molar-refractivity contribution in [3.63, 3.8) is 0 Å². The van der Waals surface area contributed by atoms with E-state index in [4.69, 9.17) is 0 Å². The number of benzene rings is 1. The highest BCUT2D eigenvalue weighted by Gasteiger charge is 2.11. The van der Waals surface area contributed by atoms with Gasteiger partial charge >= 0.3 is 0 Å². The van der Waals surface area contributed by atoms with Gasteiger partial charge in [-0.2, -0.15) is 0 Å². The molecule has 0 bridgehead atoms. The summed E-state index contributed by atoms with van der Waals surface area (Å²) in [6, 6.07) is 7.02. The molecule has 1 aromatic carbocycles. The van der Waals surface area contributed by atoms with Crippen molar-refractivity contribution in [2.45, 2.75) is 19.4 Å². The zero-order valence-corrected chi connectivity index (χ0v) is 12.1. The number of aldehydes is 1. The zero-order chi connectivity index (χ0) is 15.0. The van der Waals surface area contributed by atoms with Gasteiger partial charge in [-0.3, -0.25) is 9.59 Å². The first-order valence-corrected chi connectivity index (χ1v) is 6.74. The third-order valence-corrected chi connectivity index (χ3v) is 3.29. The molecule has 0 saturated carbocycles. The molecule has 2 N–H and O–H groups in total. The second-order valence-electron chi connectivity index (χ2n) is 4.87. The van der Waals surface area contributed by atoms with Gasteiger partial charge in [0.2, 0.25) is 0 Å². The van der Waals surface area contributed by atoms with Crippen LogP contribution in [0.2, 0.25) is 0 Å². The minimum atomic E-state index is -0.169. The molecule has 0 radical (unpaired) electrons. The summed E-state index contributed by atoms with van der Waals surface area (Å²) in [7, 11) is 1.91.